The maximum Gasteiger partial charge on any atom is 0.339 e. The minimum absolute atomic E-state index is 0.0167. The van der Waals surface area contributed by atoms with E-state index in [1.54, 1.807) is 18.4 Å². The fourth-order valence-corrected chi connectivity index (χ4v) is 4.90. The molecule has 0 radical (unpaired) electrons. The van der Waals surface area contributed by atoms with Crippen molar-refractivity contribution in [2.45, 2.75) is 37.0 Å². The number of carboxylic acids is 1. The van der Waals surface area contributed by atoms with Gasteiger partial charge in [0.15, 0.2) is 12.2 Å². The Kier molecular flexibility index (Phi) is 12.0. The number of carboxylic acid groups (broad SMARTS) is 1. The zero-order valence-electron chi connectivity index (χ0n) is 23.7. The van der Waals surface area contributed by atoms with E-state index in [2.05, 4.69) is 16.9 Å². The van der Waals surface area contributed by atoms with Gasteiger partial charge in [0.05, 0.1) is 49.3 Å². The predicted molar refractivity (Wildman–Crippen MR) is 147 cm³/mol. The molecular weight excluding hydrogens is 572 g/mol. The Labute approximate surface area is 247 Å². The zero-order chi connectivity index (χ0) is 31.8. The molecule has 43 heavy (non-hydrogen) atoms. The number of methoxy groups -OCH3 is 1. The molecule has 0 saturated carbocycles. The maximum absolute atomic E-state index is 12.7. The molecule has 16 nitrogen and oxygen atoms in total. The Morgan fingerprint density at radius 1 is 1.23 bits per heavy atom. The van der Waals surface area contributed by atoms with Crippen LogP contribution in [-0.2, 0) is 28.5 Å². The molecule has 9 atom stereocenters. The third kappa shape index (κ3) is 7.67. The lowest BCUT2D eigenvalue weighted by molar-refractivity contribution is -0.843. The highest BCUT2D eigenvalue weighted by Crippen LogP contribution is 2.36. The second-order valence-electron chi connectivity index (χ2n) is 9.90. The summed E-state index contributed by atoms with van der Waals surface area (Å²) in [4.78, 5) is 29.4. The Bertz CT molecular complexity index is 1200. The molecule has 3 aliphatic heterocycles. The first-order valence-corrected chi connectivity index (χ1v) is 13.3. The Hall–Kier alpha value is -3.61. The summed E-state index contributed by atoms with van der Waals surface area (Å²) in [5, 5.41) is 62.4. The fourth-order valence-electron chi connectivity index (χ4n) is 4.90. The number of aliphatic carboxylic acids is 1. The molecular formula is C27H39N4O12+. The van der Waals surface area contributed by atoms with Crippen LogP contribution in [0.3, 0.4) is 0 Å². The molecule has 0 aromatic rings. The fraction of sp³-hybridized carbons (Fsp3) is 0.519. The number of hydrogen-bond acceptors (Lipinski definition) is 12. The van der Waals surface area contributed by atoms with E-state index in [9.17, 15) is 40.2 Å². The van der Waals surface area contributed by atoms with Crippen LogP contribution < -0.4 is 16.0 Å². The van der Waals surface area contributed by atoms with Gasteiger partial charge in [-0.25, -0.2) is 9.59 Å². The first-order chi connectivity index (χ1) is 20.5. The van der Waals surface area contributed by atoms with Crippen molar-refractivity contribution in [3.8, 4) is 0 Å². The number of carbonyl (C=O) groups is 2. The van der Waals surface area contributed by atoms with Crippen LogP contribution in [0.15, 0.2) is 64.7 Å². The molecule has 0 spiro atoms. The summed E-state index contributed by atoms with van der Waals surface area (Å²) in [7, 11) is 2.61. The van der Waals surface area contributed by atoms with Crippen LogP contribution in [0.25, 0.3) is 0 Å². The number of rotatable bonds is 11. The van der Waals surface area contributed by atoms with Gasteiger partial charge in [-0.15, -0.1) is 6.58 Å². The molecule has 0 aliphatic carbocycles. The summed E-state index contributed by atoms with van der Waals surface area (Å²) in [6.45, 7) is 3.21. The van der Waals surface area contributed by atoms with E-state index in [4.69, 9.17) is 24.7 Å². The highest BCUT2D eigenvalue weighted by molar-refractivity contribution is 5.92. The van der Waals surface area contributed by atoms with E-state index in [0.717, 1.165) is 6.26 Å². The van der Waals surface area contributed by atoms with Gasteiger partial charge in [0.25, 0.3) is 0 Å². The number of nitrogens with two attached hydrogens (primary N) is 1. The summed E-state index contributed by atoms with van der Waals surface area (Å²) in [5.41, 5.74) is 6.42. The van der Waals surface area contributed by atoms with Gasteiger partial charge in [0.1, 0.15) is 49.3 Å². The molecule has 16 heteroatoms. The minimum Gasteiger partial charge on any atom is -0.478 e. The van der Waals surface area contributed by atoms with Gasteiger partial charge >= 0.3 is 11.9 Å². The van der Waals surface area contributed by atoms with Crippen LogP contribution in [0.2, 0.25) is 0 Å². The molecule has 1 saturated heterocycles. The van der Waals surface area contributed by atoms with Gasteiger partial charge in [-0.1, -0.05) is 18.2 Å². The monoisotopic (exact) mass is 611 g/mol. The van der Waals surface area contributed by atoms with Crippen LogP contribution in [0, 0.1) is 11.8 Å². The number of ether oxygens (including phenoxy) is 4. The molecule has 3 heterocycles. The molecule has 0 aromatic carbocycles. The van der Waals surface area contributed by atoms with E-state index in [-0.39, 0.29) is 42.5 Å². The predicted octanol–water partition coefficient (Wildman–Crippen LogP) is -4.16. The largest absolute Gasteiger partial charge is 0.478 e. The molecule has 0 amide bonds. The summed E-state index contributed by atoms with van der Waals surface area (Å²) in [6.07, 6.45) is -1.66. The second kappa shape index (κ2) is 15.2. The Balaban J connectivity index is 2.01. The van der Waals surface area contributed by atoms with Crippen LogP contribution in [0.4, 0.5) is 0 Å². The highest BCUT2D eigenvalue weighted by atomic mass is 16.8. The van der Waals surface area contributed by atoms with E-state index in [0.29, 0.717) is 10.5 Å². The topological polar surface area (TPSA) is 247 Å². The van der Waals surface area contributed by atoms with E-state index >= 15 is 0 Å². The average molecular weight is 612 g/mol. The summed E-state index contributed by atoms with van der Waals surface area (Å²) >= 11 is 0. The van der Waals surface area contributed by atoms with Crippen molar-refractivity contribution in [2.24, 2.45) is 22.6 Å². The third-order valence-electron chi connectivity index (χ3n) is 7.25. The quantitative estimate of drug-likeness (QED) is 0.0466. The number of nitrogens with one attached hydrogen (secondary N) is 2. The smallest absolute Gasteiger partial charge is 0.339 e. The van der Waals surface area contributed by atoms with Gasteiger partial charge in [0.2, 0.25) is 6.29 Å². The number of nitrogens with zero attached hydrogens (tertiary/aromatic N) is 1. The number of carbonyl (C=O) groups excluding carboxylic acids is 1. The van der Waals surface area contributed by atoms with Crippen LogP contribution >= 0.6 is 0 Å². The molecule has 238 valence electrons. The lowest BCUT2D eigenvalue weighted by Gasteiger charge is -2.42. The lowest BCUT2D eigenvalue weighted by atomic mass is 9.83. The molecule has 3 rings (SSSR count). The van der Waals surface area contributed by atoms with Crippen molar-refractivity contribution in [3.63, 3.8) is 0 Å². The van der Waals surface area contributed by atoms with E-state index in [1.165, 1.54) is 20.2 Å². The van der Waals surface area contributed by atoms with E-state index in [1.807, 2.05) is 0 Å². The standard InChI is InChI=1S/C27H38N4O12/c1-4-14-15(6-5-13-9-31(7-8-32)10-16(23(37)38)19(13)30-27(28)29-2)17(24(39)40-3)12-41-25(14)43-26-22(36)21(35)20(34)18(11-33)42-26/h4-6,9,12,14-15,18,20-22,25-26,32-36H,1,7-8,10-11H2,2-3H3,(H,37,38)(H3,28,29,30)/p+1. The highest BCUT2D eigenvalue weighted by Gasteiger charge is 2.47. The molecule has 9 unspecified atom stereocenters. The van der Waals surface area contributed by atoms with Crippen molar-refractivity contribution in [1.82, 2.24) is 5.32 Å². The first kappa shape index (κ1) is 33.9. The minimum atomic E-state index is -1.71. The molecule has 1 fully saturated rings. The van der Waals surface area contributed by atoms with E-state index < -0.39 is 67.4 Å². The average Bonchev–Trinajstić information content (AvgIpc) is 3.00. The molecule has 0 aromatic heterocycles. The van der Waals surface area contributed by atoms with Gasteiger partial charge < -0.3 is 65.5 Å². The van der Waals surface area contributed by atoms with Crippen LogP contribution in [0.5, 0.6) is 0 Å². The van der Waals surface area contributed by atoms with Crippen molar-refractivity contribution in [3.05, 3.63) is 59.7 Å². The van der Waals surface area contributed by atoms with Crippen molar-refractivity contribution in [2.75, 3.05) is 40.5 Å². The number of quaternary nitrogens is 1. The molecule has 10 N–H and O–H groups in total. The second-order valence-corrected chi connectivity index (χ2v) is 9.90. The number of esters is 1. The van der Waals surface area contributed by atoms with Gasteiger partial charge in [-0.2, -0.15) is 0 Å². The number of aliphatic hydroxyl groups is 5. The van der Waals surface area contributed by atoms with Gasteiger partial charge in [-0.05, 0) is 0 Å². The SMILES string of the molecule is C=CC1C(OC2OC(CO)C(O)C(O)C2O)OC=C(C(=O)OC)C1C=CC1=C[NH+](CCO)CC(C(=O)O)=C1NC(N)=NC. The van der Waals surface area contributed by atoms with Gasteiger partial charge in [-0.3, -0.25) is 4.99 Å². The Morgan fingerprint density at radius 2 is 1.95 bits per heavy atom. The summed E-state index contributed by atoms with van der Waals surface area (Å²) < 4.78 is 21.8. The normalized spacial score (nSPS) is 33.4. The zero-order valence-corrected chi connectivity index (χ0v) is 23.7. The third-order valence-corrected chi connectivity index (χ3v) is 7.25. The molecule has 3 aliphatic rings. The van der Waals surface area contributed by atoms with Crippen molar-refractivity contribution >= 4 is 17.9 Å². The van der Waals surface area contributed by atoms with Crippen molar-refractivity contribution in [1.29, 1.82) is 0 Å². The van der Waals surface area contributed by atoms with Crippen molar-refractivity contribution < 1.29 is 64.1 Å². The number of allylic oxidation sites excluding steroid dienone is 2. The first-order valence-electron chi connectivity index (χ1n) is 13.3. The van der Waals surface area contributed by atoms with Crippen LogP contribution in [-0.4, -0.2) is 126 Å². The Morgan fingerprint density at radius 3 is 2.53 bits per heavy atom. The van der Waals surface area contributed by atoms with Crippen LogP contribution in [0.1, 0.15) is 0 Å². The number of aliphatic hydroxyl groups excluding tert-OH is 5. The summed E-state index contributed by atoms with van der Waals surface area (Å²) in [5.74, 6) is -3.67. The number of aliphatic imine (C=N–C) groups is 1. The maximum atomic E-state index is 12.7. The summed E-state index contributed by atoms with van der Waals surface area (Å²) in [6, 6.07) is 0. The lowest BCUT2D eigenvalue weighted by Crippen LogP contribution is -3.09. The molecule has 0 bridgehead atoms. The van der Waals surface area contributed by atoms with Gasteiger partial charge in [0, 0.05) is 13.0 Å². The number of guanidine groups is 1. The number of hydrogen-bond donors (Lipinski definition) is 9.